The molecule has 21 heavy (non-hydrogen) atoms. The molecule has 2 aromatic rings. The molecular weight excluding hydrogens is 312 g/mol. The fourth-order valence-corrected chi connectivity index (χ4v) is 3.64. The Morgan fingerprint density at radius 2 is 2.05 bits per heavy atom. The van der Waals surface area contributed by atoms with Crippen LogP contribution < -0.4 is 10.0 Å². The smallest absolute Gasteiger partial charge is 0.241 e. The molecule has 1 aromatic heterocycles. The van der Waals surface area contributed by atoms with Gasteiger partial charge in [0.2, 0.25) is 10.0 Å². The molecule has 0 amide bonds. The highest BCUT2D eigenvalue weighted by Crippen LogP contribution is 2.24. The molecular formula is C14H17ClN2O3S. The fourth-order valence-electron chi connectivity index (χ4n) is 2.01. The lowest BCUT2D eigenvalue weighted by Gasteiger charge is -2.13. The van der Waals surface area contributed by atoms with E-state index < -0.39 is 10.0 Å². The summed E-state index contributed by atoms with van der Waals surface area (Å²) in [6, 6.07) is 4.94. The molecule has 0 aliphatic heterocycles. The largest absolute Gasteiger partial charge is 0.472 e. The van der Waals surface area contributed by atoms with E-state index in [1.807, 2.05) is 0 Å². The van der Waals surface area contributed by atoms with Gasteiger partial charge in [0.15, 0.2) is 0 Å². The Hall–Kier alpha value is -1.34. The van der Waals surface area contributed by atoms with Gasteiger partial charge in [-0.1, -0.05) is 11.6 Å². The third-order valence-electron chi connectivity index (χ3n) is 3.14. The lowest BCUT2D eigenvalue weighted by molar-refractivity contribution is 0.561. The molecule has 2 rings (SSSR count). The molecule has 0 radical (unpaired) electrons. The van der Waals surface area contributed by atoms with Crippen LogP contribution in [0.1, 0.15) is 16.7 Å². The van der Waals surface area contributed by atoms with E-state index in [2.05, 4.69) is 10.0 Å². The van der Waals surface area contributed by atoms with E-state index in [0.29, 0.717) is 17.1 Å². The standard InChI is InChI=1S/C14H17ClN2O3S/c1-10-12(8-16-2)5-13(15)6-14(10)21(18,19)17-7-11-3-4-20-9-11/h3-6,9,16-17H,7-8H2,1-2H3. The Bertz CT molecular complexity index is 712. The second-order valence-corrected chi connectivity index (χ2v) is 6.85. The van der Waals surface area contributed by atoms with E-state index in [1.165, 1.54) is 18.6 Å². The first-order valence-electron chi connectivity index (χ1n) is 6.38. The van der Waals surface area contributed by atoms with Crippen molar-refractivity contribution in [3.05, 3.63) is 52.4 Å². The van der Waals surface area contributed by atoms with Crippen molar-refractivity contribution in [2.24, 2.45) is 0 Å². The average molecular weight is 329 g/mol. The van der Waals surface area contributed by atoms with E-state index in [4.69, 9.17) is 16.0 Å². The molecule has 1 aromatic carbocycles. The van der Waals surface area contributed by atoms with Crippen molar-refractivity contribution in [3.63, 3.8) is 0 Å². The van der Waals surface area contributed by atoms with Crippen LogP contribution in [0.5, 0.6) is 0 Å². The topological polar surface area (TPSA) is 71.3 Å². The lowest BCUT2D eigenvalue weighted by Crippen LogP contribution is -2.24. The van der Waals surface area contributed by atoms with E-state index in [9.17, 15) is 8.42 Å². The van der Waals surface area contributed by atoms with Gasteiger partial charge in [-0.15, -0.1) is 0 Å². The summed E-state index contributed by atoms with van der Waals surface area (Å²) in [5.41, 5.74) is 2.30. The number of nitrogens with one attached hydrogen (secondary N) is 2. The van der Waals surface area contributed by atoms with Gasteiger partial charge in [-0.25, -0.2) is 13.1 Å². The summed E-state index contributed by atoms with van der Waals surface area (Å²) < 4.78 is 32.3. The van der Waals surface area contributed by atoms with Crippen molar-refractivity contribution in [2.75, 3.05) is 7.05 Å². The highest BCUT2D eigenvalue weighted by Gasteiger charge is 2.19. The summed E-state index contributed by atoms with van der Waals surface area (Å²) in [7, 11) is -1.84. The van der Waals surface area contributed by atoms with Crippen LogP contribution in [0, 0.1) is 6.92 Å². The van der Waals surface area contributed by atoms with Crippen LogP contribution in [-0.2, 0) is 23.1 Å². The van der Waals surface area contributed by atoms with E-state index in [0.717, 1.165) is 11.1 Å². The zero-order valence-electron chi connectivity index (χ0n) is 11.8. The van der Waals surface area contributed by atoms with Gasteiger partial charge in [-0.05, 0) is 43.3 Å². The van der Waals surface area contributed by atoms with Crippen LogP contribution in [0.4, 0.5) is 0 Å². The van der Waals surface area contributed by atoms with Crippen LogP contribution >= 0.6 is 11.6 Å². The van der Waals surface area contributed by atoms with Gasteiger partial charge in [0.1, 0.15) is 0 Å². The van der Waals surface area contributed by atoms with Crippen molar-refractivity contribution in [1.29, 1.82) is 0 Å². The maximum absolute atomic E-state index is 12.4. The van der Waals surface area contributed by atoms with Crippen molar-refractivity contribution in [2.45, 2.75) is 24.9 Å². The maximum atomic E-state index is 12.4. The molecule has 0 fully saturated rings. The van der Waals surface area contributed by atoms with Crippen LogP contribution in [-0.4, -0.2) is 15.5 Å². The van der Waals surface area contributed by atoms with Gasteiger partial charge in [-0.3, -0.25) is 0 Å². The molecule has 0 spiro atoms. The normalized spacial score (nSPS) is 11.8. The minimum absolute atomic E-state index is 0.173. The Morgan fingerprint density at radius 3 is 2.67 bits per heavy atom. The molecule has 7 heteroatoms. The van der Waals surface area contributed by atoms with Crippen molar-refractivity contribution < 1.29 is 12.8 Å². The first-order valence-corrected chi connectivity index (χ1v) is 8.24. The number of furan rings is 1. The SMILES string of the molecule is CNCc1cc(Cl)cc(S(=O)(=O)NCc2ccoc2)c1C. The fraction of sp³-hybridized carbons (Fsp3) is 0.286. The zero-order chi connectivity index (χ0) is 15.5. The molecule has 5 nitrogen and oxygen atoms in total. The highest BCUT2D eigenvalue weighted by molar-refractivity contribution is 7.89. The molecule has 114 valence electrons. The molecule has 0 saturated heterocycles. The van der Waals surface area contributed by atoms with E-state index in [1.54, 1.807) is 26.1 Å². The Morgan fingerprint density at radius 1 is 1.29 bits per heavy atom. The van der Waals surface area contributed by atoms with Gasteiger partial charge < -0.3 is 9.73 Å². The van der Waals surface area contributed by atoms with Gasteiger partial charge in [0.05, 0.1) is 17.4 Å². The summed E-state index contributed by atoms with van der Waals surface area (Å²) in [4.78, 5) is 0.198. The van der Waals surface area contributed by atoms with Crippen molar-refractivity contribution >= 4 is 21.6 Å². The second kappa shape index (κ2) is 6.62. The third kappa shape index (κ3) is 3.85. The summed E-state index contributed by atoms with van der Waals surface area (Å²) >= 11 is 6.03. The summed E-state index contributed by atoms with van der Waals surface area (Å²) in [5.74, 6) is 0. The van der Waals surface area contributed by atoms with Crippen molar-refractivity contribution in [3.8, 4) is 0 Å². The minimum atomic E-state index is -3.63. The molecule has 0 saturated carbocycles. The van der Waals surface area contributed by atoms with Gasteiger partial charge in [-0.2, -0.15) is 0 Å². The number of hydrogen-bond donors (Lipinski definition) is 2. The molecule has 0 aliphatic carbocycles. The van der Waals surface area contributed by atoms with Gasteiger partial charge in [0.25, 0.3) is 0 Å². The number of rotatable bonds is 6. The summed E-state index contributed by atoms with van der Waals surface area (Å²) in [6.45, 7) is 2.50. The first kappa shape index (κ1) is 16.0. The lowest BCUT2D eigenvalue weighted by atomic mass is 10.1. The molecule has 0 aliphatic rings. The molecule has 0 atom stereocenters. The van der Waals surface area contributed by atoms with Crippen LogP contribution in [0.25, 0.3) is 0 Å². The molecule has 0 unspecified atom stereocenters. The summed E-state index contributed by atoms with van der Waals surface area (Å²) in [6.07, 6.45) is 3.00. The van der Waals surface area contributed by atoms with Gasteiger partial charge in [0, 0.05) is 23.7 Å². The van der Waals surface area contributed by atoms with Crippen molar-refractivity contribution in [1.82, 2.24) is 10.0 Å². The van der Waals surface area contributed by atoms with E-state index >= 15 is 0 Å². The molecule has 1 heterocycles. The molecule has 2 N–H and O–H groups in total. The van der Waals surface area contributed by atoms with E-state index in [-0.39, 0.29) is 11.4 Å². The maximum Gasteiger partial charge on any atom is 0.241 e. The number of halogens is 1. The third-order valence-corrected chi connectivity index (χ3v) is 4.88. The summed E-state index contributed by atoms with van der Waals surface area (Å²) in [5, 5.41) is 3.40. The minimum Gasteiger partial charge on any atom is -0.472 e. The first-order chi connectivity index (χ1) is 9.94. The predicted molar refractivity (Wildman–Crippen MR) is 81.7 cm³/mol. The number of sulfonamides is 1. The highest BCUT2D eigenvalue weighted by atomic mass is 35.5. The Balaban J connectivity index is 2.30. The van der Waals surface area contributed by atoms with Gasteiger partial charge >= 0.3 is 0 Å². The van der Waals surface area contributed by atoms with Crippen LogP contribution in [0.2, 0.25) is 5.02 Å². The van der Waals surface area contributed by atoms with Crippen LogP contribution in [0.15, 0.2) is 40.0 Å². The Kier molecular flexibility index (Phi) is 5.05. The average Bonchev–Trinajstić information content (AvgIpc) is 2.94. The zero-order valence-corrected chi connectivity index (χ0v) is 13.4. The number of hydrogen-bond acceptors (Lipinski definition) is 4. The number of benzene rings is 1. The quantitative estimate of drug-likeness (QED) is 0.854. The van der Waals surface area contributed by atoms with Crippen LogP contribution in [0.3, 0.4) is 0 Å². The Labute approximate surface area is 129 Å². The predicted octanol–water partition coefficient (Wildman–Crippen LogP) is 2.44. The molecule has 0 bridgehead atoms. The second-order valence-electron chi connectivity index (χ2n) is 4.67. The monoisotopic (exact) mass is 328 g/mol.